The first-order valence-corrected chi connectivity index (χ1v) is 4.05. The lowest BCUT2D eigenvalue weighted by molar-refractivity contribution is 1.38. The van der Waals surface area contributed by atoms with Crippen molar-refractivity contribution < 1.29 is 0 Å². The highest BCUT2D eigenvalue weighted by molar-refractivity contribution is 8.04. The van der Waals surface area contributed by atoms with E-state index in [1.54, 1.807) is 0 Å². The Morgan fingerprint density at radius 1 is 1.00 bits per heavy atom. The second kappa shape index (κ2) is 2.92. The molecule has 0 unspecified atom stereocenters. The lowest BCUT2D eigenvalue weighted by atomic mass is 10.4. The van der Waals surface area contributed by atoms with Crippen molar-refractivity contribution in [2.75, 3.05) is 0 Å². The van der Waals surface area contributed by atoms with Crippen LogP contribution in [0.5, 0.6) is 0 Å². The van der Waals surface area contributed by atoms with Gasteiger partial charge in [-0.25, -0.2) is 0 Å². The van der Waals surface area contributed by atoms with Gasteiger partial charge < -0.3 is 0 Å². The van der Waals surface area contributed by atoms with Crippen LogP contribution in [0.2, 0.25) is 0 Å². The van der Waals surface area contributed by atoms with Crippen molar-refractivity contribution in [2.24, 2.45) is 0 Å². The summed E-state index contributed by atoms with van der Waals surface area (Å²) >= 11 is 1.86. The van der Waals surface area contributed by atoms with Crippen LogP contribution in [0, 0.1) is 0 Å². The van der Waals surface area contributed by atoms with Gasteiger partial charge in [0.25, 0.3) is 0 Å². The highest BCUT2D eigenvalue weighted by Crippen LogP contribution is 2.47. The topological polar surface area (TPSA) is 0 Å². The number of benzene rings is 1. The average molecular weight is 138 g/mol. The molecule has 1 heterocycles. The molecule has 0 aliphatic carbocycles. The molecule has 0 N–H and O–H groups in total. The monoisotopic (exact) mass is 138 g/mol. The van der Waals surface area contributed by atoms with Gasteiger partial charge in [0.1, 0.15) is 0 Å². The van der Waals surface area contributed by atoms with E-state index in [4.69, 9.17) is 0 Å². The molecule has 9 heavy (non-hydrogen) atoms. The van der Waals surface area contributed by atoms with E-state index in [1.807, 2.05) is 25.6 Å². The largest absolute Gasteiger partial charge is 0.0877 e. The molecule has 48 valence electrons. The van der Waals surface area contributed by atoms with E-state index in [0.717, 1.165) is 0 Å². The molecule has 0 fully saturated rings. The highest BCUT2D eigenvalue weighted by atomic mass is 32.2. The summed E-state index contributed by atoms with van der Waals surface area (Å²) in [5.41, 5.74) is 0. The second-order valence-electron chi connectivity index (χ2n) is 1.55. The normalized spacial score (nSPS) is 10.9. The first kappa shape index (κ1) is 6.69. The van der Waals surface area contributed by atoms with Gasteiger partial charge in [0.05, 0.1) is 0 Å². The molecule has 0 amide bonds. The van der Waals surface area contributed by atoms with Gasteiger partial charge in [-0.15, -0.1) is 0 Å². The quantitative estimate of drug-likeness (QED) is 0.504. The van der Waals surface area contributed by atoms with E-state index in [0.29, 0.717) is 0 Å². The molecule has 0 bridgehead atoms. The summed E-state index contributed by atoms with van der Waals surface area (Å²) in [4.78, 5) is 2.89. The summed E-state index contributed by atoms with van der Waals surface area (Å²) in [6, 6.07) is 8.41. The van der Waals surface area contributed by atoms with E-state index >= 15 is 0 Å². The molecular weight excluding hydrogens is 128 g/mol. The zero-order valence-corrected chi connectivity index (χ0v) is 6.53. The fraction of sp³-hybridized carbons (Fsp3) is 0.250. The van der Waals surface area contributed by atoms with Crippen LogP contribution >= 0.6 is 11.8 Å². The Kier molecular flexibility index (Phi) is 2.17. The SMILES string of the molecule is CC.c1ccc2c(c1)S2. The molecule has 1 aliphatic rings. The summed E-state index contributed by atoms with van der Waals surface area (Å²) in [6.07, 6.45) is 0. The van der Waals surface area contributed by atoms with Crippen molar-refractivity contribution >= 4 is 11.8 Å². The van der Waals surface area contributed by atoms with Gasteiger partial charge in [-0.1, -0.05) is 37.7 Å². The van der Waals surface area contributed by atoms with Crippen LogP contribution in [0.15, 0.2) is 34.1 Å². The van der Waals surface area contributed by atoms with Crippen LogP contribution in [0.4, 0.5) is 0 Å². The molecule has 1 aliphatic heterocycles. The molecule has 0 nitrogen and oxygen atoms in total. The van der Waals surface area contributed by atoms with Crippen LogP contribution in [-0.2, 0) is 0 Å². The predicted molar refractivity (Wildman–Crippen MR) is 41.9 cm³/mol. The van der Waals surface area contributed by atoms with Crippen LogP contribution < -0.4 is 0 Å². The first-order valence-electron chi connectivity index (χ1n) is 3.24. The Morgan fingerprint density at radius 3 is 1.78 bits per heavy atom. The summed E-state index contributed by atoms with van der Waals surface area (Å²) in [6.45, 7) is 4.00. The van der Waals surface area contributed by atoms with Crippen molar-refractivity contribution in [3.05, 3.63) is 24.3 Å². The number of fused-ring (bicyclic) bond motifs is 1. The number of rotatable bonds is 0. The highest BCUT2D eigenvalue weighted by Gasteiger charge is 2.14. The Balaban J connectivity index is 0.000000186. The van der Waals surface area contributed by atoms with Gasteiger partial charge in [-0.05, 0) is 12.1 Å². The summed E-state index contributed by atoms with van der Waals surface area (Å²) in [5, 5.41) is 0. The molecule has 1 aromatic carbocycles. The lowest BCUT2D eigenvalue weighted by Gasteiger charge is -1.66. The second-order valence-corrected chi connectivity index (χ2v) is 2.63. The molecule has 0 radical (unpaired) electrons. The van der Waals surface area contributed by atoms with Gasteiger partial charge in [0, 0.05) is 9.79 Å². The van der Waals surface area contributed by atoms with Crippen molar-refractivity contribution in [3.63, 3.8) is 0 Å². The third-order valence-corrected chi connectivity index (χ3v) is 1.98. The van der Waals surface area contributed by atoms with Gasteiger partial charge in [-0.3, -0.25) is 0 Å². The van der Waals surface area contributed by atoms with Crippen molar-refractivity contribution in [1.29, 1.82) is 0 Å². The standard InChI is InChI=1S/C6H4S.C2H6/c1-2-4-6-5(3-1)7-6;1-2/h1-4H;1-2H3. The van der Waals surface area contributed by atoms with Crippen molar-refractivity contribution in [2.45, 2.75) is 23.6 Å². The smallest absolute Gasteiger partial charge is 0.0262 e. The molecule has 2 rings (SSSR count). The number of hydrogen-bond donors (Lipinski definition) is 0. The van der Waals surface area contributed by atoms with E-state index in [-0.39, 0.29) is 0 Å². The van der Waals surface area contributed by atoms with Crippen molar-refractivity contribution in [1.82, 2.24) is 0 Å². The average Bonchev–Trinajstić information content (AvgIpc) is 2.69. The van der Waals surface area contributed by atoms with E-state index in [9.17, 15) is 0 Å². The fourth-order valence-corrected chi connectivity index (χ4v) is 1.23. The molecule has 0 aromatic heterocycles. The molecular formula is C8H10S. The van der Waals surface area contributed by atoms with E-state index < -0.39 is 0 Å². The predicted octanol–water partition coefficient (Wildman–Crippen LogP) is 3.18. The maximum Gasteiger partial charge on any atom is 0.0262 e. The van der Waals surface area contributed by atoms with Crippen LogP contribution in [0.1, 0.15) is 13.8 Å². The van der Waals surface area contributed by atoms with Gasteiger partial charge in [-0.2, -0.15) is 0 Å². The Morgan fingerprint density at radius 2 is 1.44 bits per heavy atom. The molecule has 0 saturated carbocycles. The van der Waals surface area contributed by atoms with Gasteiger partial charge >= 0.3 is 0 Å². The summed E-state index contributed by atoms with van der Waals surface area (Å²) in [5.74, 6) is 0. The first-order chi connectivity index (χ1) is 4.47. The Labute approximate surface area is 60.3 Å². The van der Waals surface area contributed by atoms with Crippen LogP contribution in [0.3, 0.4) is 0 Å². The number of hydrogen-bond acceptors (Lipinski definition) is 1. The minimum atomic E-state index is 1.45. The third-order valence-electron chi connectivity index (χ3n) is 1.03. The summed E-state index contributed by atoms with van der Waals surface area (Å²) in [7, 11) is 0. The Hall–Kier alpha value is -0.430. The molecule has 0 atom stereocenters. The molecule has 1 heteroatoms. The fourth-order valence-electron chi connectivity index (χ4n) is 0.611. The van der Waals surface area contributed by atoms with E-state index in [1.165, 1.54) is 9.79 Å². The minimum absolute atomic E-state index is 1.45. The molecule has 1 aromatic rings. The van der Waals surface area contributed by atoms with Gasteiger partial charge in [0.2, 0.25) is 0 Å². The van der Waals surface area contributed by atoms with Crippen LogP contribution in [0.25, 0.3) is 0 Å². The lowest BCUT2D eigenvalue weighted by Crippen LogP contribution is -1.46. The molecule has 0 spiro atoms. The van der Waals surface area contributed by atoms with Crippen LogP contribution in [-0.4, -0.2) is 0 Å². The maximum absolute atomic E-state index is 2.14. The minimum Gasteiger partial charge on any atom is -0.0877 e. The van der Waals surface area contributed by atoms with E-state index in [2.05, 4.69) is 24.3 Å². The third kappa shape index (κ3) is 1.49. The summed E-state index contributed by atoms with van der Waals surface area (Å²) < 4.78 is 0. The zero-order valence-electron chi connectivity index (χ0n) is 5.72. The maximum atomic E-state index is 2.14. The van der Waals surface area contributed by atoms with Gasteiger partial charge in [0.15, 0.2) is 0 Å². The molecule has 0 saturated heterocycles. The Bertz CT molecular complexity index is 173. The zero-order chi connectivity index (χ0) is 6.69. The van der Waals surface area contributed by atoms with Crippen molar-refractivity contribution in [3.8, 4) is 0 Å².